The molecule has 3 amide bonds. The first-order valence-corrected chi connectivity index (χ1v) is 14.7. The van der Waals surface area contributed by atoms with Crippen LogP contribution in [0.5, 0.6) is 5.75 Å². The molecule has 2 aromatic rings. The Labute approximate surface area is 246 Å². The van der Waals surface area contributed by atoms with Crippen molar-refractivity contribution in [2.45, 2.75) is 70.2 Å². The molecule has 40 heavy (non-hydrogen) atoms. The molecule has 2 aromatic carbocycles. The van der Waals surface area contributed by atoms with Crippen LogP contribution < -0.4 is 20.7 Å². The lowest BCUT2D eigenvalue weighted by Crippen LogP contribution is -2.57. The molecule has 10 heteroatoms. The second-order valence-corrected chi connectivity index (χ2v) is 11.6. The molecule has 4 rings (SSSR count). The van der Waals surface area contributed by atoms with Gasteiger partial charge in [-0.15, -0.1) is 0 Å². The normalized spacial score (nSPS) is 25.6. The van der Waals surface area contributed by atoms with Crippen molar-refractivity contribution >= 4 is 40.9 Å². The number of hydrogen-bond acceptors (Lipinski definition) is 5. The van der Waals surface area contributed by atoms with Crippen molar-refractivity contribution in [3.05, 3.63) is 63.6 Å². The van der Waals surface area contributed by atoms with Gasteiger partial charge < -0.3 is 25.6 Å². The third-order valence-electron chi connectivity index (χ3n) is 7.59. The van der Waals surface area contributed by atoms with E-state index in [1.807, 2.05) is 31.2 Å². The molecule has 0 saturated heterocycles. The van der Waals surface area contributed by atoms with E-state index >= 15 is 0 Å². The van der Waals surface area contributed by atoms with Gasteiger partial charge in [0.1, 0.15) is 23.9 Å². The summed E-state index contributed by atoms with van der Waals surface area (Å²) in [6.07, 6.45) is 3.33. The summed E-state index contributed by atoms with van der Waals surface area (Å²) in [5, 5.41) is 10.1. The van der Waals surface area contributed by atoms with E-state index in [0.717, 1.165) is 24.2 Å². The Morgan fingerprint density at radius 3 is 2.50 bits per heavy atom. The highest BCUT2D eigenvalue weighted by Crippen LogP contribution is 2.34. The molecule has 0 bridgehead atoms. The molecule has 4 atom stereocenters. The molecule has 1 aliphatic heterocycles. The van der Waals surface area contributed by atoms with E-state index in [0.29, 0.717) is 41.5 Å². The van der Waals surface area contributed by atoms with Crippen molar-refractivity contribution in [3.8, 4) is 5.75 Å². The lowest BCUT2D eigenvalue weighted by atomic mass is 10.0. The molecule has 8 nitrogen and oxygen atoms in total. The third kappa shape index (κ3) is 7.89. The number of para-hydroxylation sites is 1. The summed E-state index contributed by atoms with van der Waals surface area (Å²) in [6, 6.07) is 10.9. The van der Waals surface area contributed by atoms with Crippen molar-refractivity contribution in [2.24, 2.45) is 5.92 Å². The van der Waals surface area contributed by atoms with Crippen LogP contribution >= 0.6 is 23.2 Å². The highest BCUT2D eigenvalue weighted by molar-refractivity contribution is 6.35. The van der Waals surface area contributed by atoms with E-state index in [9.17, 15) is 14.4 Å². The van der Waals surface area contributed by atoms with Crippen LogP contribution in [0.2, 0.25) is 10.0 Å². The van der Waals surface area contributed by atoms with Crippen molar-refractivity contribution in [3.63, 3.8) is 0 Å². The van der Waals surface area contributed by atoms with E-state index in [4.69, 9.17) is 27.9 Å². The van der Waals surface area contributed by atoms with Gasteiger partial charge in [-0.3, -0.25) is 14.4 Å². The molecule has 0 unspecified atom stereocenters. The van der Waals surface area contributed by atoms with Gasteiger partial charge in [0.25, 0.3) is 0 Å². The number of amides is 3. The number of benzene rings is 2. The maximum atomic E-state index is 13.5. The summed E-state index contributed by atoms with van der Waals surface area (Å²) >= 11 is 12.4. The van der Waals surface area contributed by atoms with Crippen LogP contribution in [-0.4, -0.2) is 67.0 Å². The van der Waals surface area contributed by atoms with E-state index in [1.165, 1.54) is 4.90 Å². The highest BCUT2D eigenvalue weighted by Gasteiger charge is 2.39. The molecule has 3 N–H and O–H groups in total. The smallest absolute Gasteiger partial charge is 0.243 e. The van der Waals surface area contributed by atoms with Crippen LogP contribution in [0.4, 0.5) is 0 Å². The minimum absolute atomic E-state index is 0.152. The molecule has 1 saturated carbocycles. The van der Waals surface area contributed by atoms with Crippen molar-refractivity contribution in [1.29, 1.82) is 0 Å². The van der Waals surface area contributed by atoms with Crippen LogP contribution in [0.1, 0.15) is 44.2 Å². The molecule has 1 fully saturated rings. The van der Waals surface area contributed by atoms with Gasteiger partial charge in [-0.1, -0.05) is 47.5 Å². The second-order valence-electron chi connectivity index (χ2n) is 10.8. The molecular formula is C30H38Cl2N4O4. The zero-order chi connectivity index (χ0) is 28.8. The number of carbonyl (C=O) groups is 3. The Hall–Kier alpha value is -2.81. The quantitative estimate of drug-likeness (QED) is 0.507. The van der Waals surface area contributed by atoms with Crippen molar-refractivity contribution < 1.29 is 19.1 Å². The van der Waals surface area contributed by atoms with Crippen LogP contribution in [0.3, 0.4) is 0 Å². The maximum absolute atomic E-state index is 13.5. The highest BCUT2D eigenvalue weighted by atomic mass is 35.5. The standard InChI is InChI=1S/C30H38Cl2N4O4/c1-18-17-34-27(21-10-11-21)30(39)36(3)19(2)28(37)35-25(15-22-12-13-23(31)16-24(22)32)29(38)33-14-6-8-20-7-4-5-9-26(20)40-18/h4-5,7,9,12-13,16,18-19,21,25,27,34H,6,8,10-11,14-15,17H2,1-3H3,(H,33,38)(H,35,37)/t18-,19-,25-,27+/m1/s1. The first kappa shape index (κ1) is 30.2. The fourth-order valence-electron chi connectivity index (χ4n) is 4.87. The Morgan fingerprint density at radius 1 is 1.02 bits per heavy atom. The zero-order valence-electron chi connectivity index (χ0n) is 23.2. The molecule has 2 aliphatic rings. The minimum Gasteiger partial charge on any atom is -0.489 e. The summed E-state index contributed by atoms with van der Waals surface area (Å²) in [5.74, 6) is 0.132. The number of nitrogens with zero attached hydrogens (tertiary/aromatic N) is 1. The predicted octanol–water partition coefficient (Wildman–Crippen LogP) is 3.77. The summed E-state index contributed by atoms with van der Waals surface area (Å²) < 4.78 is 6.25. The number of rotatable bonds is 3. The third-order valence-corrected chi connectivity index (χ3v) is 8.17. The number of aryl methyl sites for hydroxylation is 1. The molecule has 0 radical (unpaired) electrons. The Bertz CT molecular complexity index is 1220. The number of likely N-dealkylation sites (N-methyl/N-ethyl adjacent to an activating group) is 1. The van der Waals surface area contributed by atoms with Gasteiger partial charge in [-0.2, -0.15) is 0 Å². The SMILES string of the molecule is C[C@@H]1CN[C@@H](C2CC2)C(=O)N(C)[C@H](C)C(=O)N[C@H](Cc2ccc(Cl)cc2Cl)C(=O)NCCCc2ccccc2O1. The van der Waals surface area contributed by atoms with Gasteiger partial charge in [-0.05, 0) is 74.8 Å². The van der Waals surface area contributed by atoms with E-state index < -0.39 is 24.0 Å². The van der Waals surface area contributed by atoms with Crippen LogP contribution in [0.25, 0.3) is 0 Å². The maximum Gasteiger partial charge on any atom is 0.243 e. The average Bonchev–Trinajstić information content (AvgIpc) is 3.76. The molecule has 1 aliphatic carbocycles. The first-order valence-electron chi connectivity index (χ1n) is 13.9. The molecule has 1 heterocycles. The molecule has 0 aromatic heterocycles. The average molecular weight is 590 g/mol. The van der Waals surface area contributed by atoms with Crippen LogP contribution in [0.15, 0.2) is 42.5 Å². The lowest BCUT2D eigenvalue weighted by molar-refractivity contribution is -0.141. The number of ether oxygens (including phenoxy) is 1. The Balaban J connectivity index is 1.58. The molecular weight excluding hydrogens is 551 g/mol. The molecule has 0 spiro atoms. The van der Waals surface area contributed by atoms with Gasteiger partial charge in [-0.25, -0.2) is 0 Å². The fraction of sp³-hybridized carbons (Fsp3) is 0.500. The van der Waals surface area contributed by atoms with E-state index in [2.05, 4.69) is 16.0 Å². The number of nitrogens with one attached hydrogen (secondary N) is 3. The Morgan fingerprint density at radius 2 is 1.77 bits per heavy atom. The van der Waals surface area contributed by atoms with Gasteiger partial charge >= 0.3 is 0 Å². The lowest BCUT2D eigenvalue weighted by Gasteiger charge is -2.31. The van der Waals surface area contributed by atoms with Gasteiger partial charge in [0.15, 0.2) is 0 Å². The van der Waals surface area contributed by atoms with Crippen LogP contribution in [0, 0.1) is 5.92 Å². The van der Waals surface area contributed by atoms with Crippen molar-refractivity contribution in [1.82, 2.24) is 20.9 Å². The van der Waals surface area contributed by atoms with E-state index in [1.54, 1.807) is 32.2 Å². The fourth-order valence-corrected chi connectivity index (χ4v) is 5.36. The largest absolute Gasteiger partial charge is 0.489 e. The van der Waals surface area contributed by atoms with E-state index in [-0.39, 0.29) is 30.3 Å². The molecule has 216 valence electrons. The minimum atomic E-state index is -0.884. The van der Waals surface area contributed by atoms with Gasteiger partial charge in [0.2, 0.25) is 17.7 Å². The Kier molecular flexibility index (Phi) is 10.3. The van der Waals surface area contributed by atoms with Gasteiger partial charge in [0.05, 0.1) is 6.04 Å². The monoisotopic (exact) mass is 588 g/mol. The number of hydrogen-bond donors (Lipinski definition) is 3. The summed E-state index contributed by atoms with van der Waals surface area (Å²) in [7, 11) is 1.63. The number of fused-ring (bicyclic) bond motifs is 1. The van der Waals surface area contributed by atoms with Gasteiger partial charge in [0, 0.05) is 36.6 Å². The van der Waals surface area contributed by atoms with Crippen molar-refractivity contribution in [2.75, 3.05) is 20.1 Å². The van der Waals surface area contributed by atoms with Crippen LogP contribution in [-0.2, 0) is 27.2 Å². The first-order chi connectivity index (χ1) is 19.1. The zero-order valence-corrected chi connectivity index (χ0v) is 24.7. The topological polar surface area (TPSA) is 99.8 Å². The number of carbonyl (C=O) groups excluding carboxylic acids is 3. The summed E-state index contributed by atoms with van der Waals surface area (Å²) in [4.78, 5) is 41.7. The number of halogens is 2. The summed E-state index contributed by atoms with van der Waals surface area (Å²) in [6.45, 7) is 4.56. The second kappa shape index (κ2) is 13.7. The summed E-state index contributed by atoms with van der Waals surface area (Å²) in [5.41, 5.74) is 1.73. The predicted molar refractivity (Wildman–Crippen MR) is 157 cm³/mol.